The largest absolute Gasteiger partial charge is 0.352 e. The SMILES string of the molecule is Cc1ccc(S(=O)(=O)N(CC(=O)N(Cc2cccc(Br)c2)[C@@H](C)C(=O)NC2CCCC2)c2cccc(Cl)c2Cl)cc1. The monoisotopic (exact) mass is 679 g/mol. The number of halogens is 3. The highest BCUT2D eigenvalue weighted by Crippen LogP contribution is 2.35. The molecule has 41 heavy (non-hydrogen) atoms. The Labute approximate surface area is 260 Å². The maximum absolute atomic E-state index is 14.1. The van der Waals surface area contributed by atoms with Crippen molar-refractivity contribution >= 4 is 66.7 Å². The molecule has 7 nitrogen and oxygen atoms in total. The summed E-state index contributed by atoms with van der Waals surface area (Å²) in [6, 6.07) is 17.6. The van der Waals surface area contributed by atoms with Crippen molar-refractivity contribution in [2.24, 2.45) is 0 Å². The van der Waals surface area contributed by atoms with E-state index in [1.165, 1.54) is 23.1 Å². The Morgan fingerprint density at radius 2 is 1.68 bits per heavy atom. The van der Waals surface area contributed by atoms with Gasteiger partial charge in [-0.15, -0.1) is 0 Å². The van der Waals surface area contributed by atoms with E-state index in [0.29, 0.717) is 0 Å². The quantitative estimate of drug-likeness (QED) is 0.257. The maximum atomic E-state index is 14.1. The van der Waals surface area contributed by atoms with Crippen molar-refractivity contribution in [3.05, 3.63) is 92.4 Å². The second-order valence-electron chi connectivity index (χ2n) is 10.2. The van der Waals surface area contributed by atoms with E-state index in [1.54, 1.807) is 31.2 Å². The van der Waals surface area contributed by atoms with Crippen molar-refractivity contribution in [3.8, 4) is 0 Å². The van der Waals surface area contributed by atoms with Gasteiger partial charge in [-0.1, -0.05) is 87.9 Å². The van der Waals surface area contributed by atoms with Gasteiger partial charge in [-0.05, 0) is 68.7 Å². The number of carbonyl (C=O) groups excluding carboxylic acids is 2. The van der Waals surface area contributed by atoms with Crippen LogP contribution in [-0.4, -0.2) is 43.8 Å². The van der Waals surface area contributed by atoms with Crippen LogP contribution in [0.4, 0.5) is 5.69 Å². The van der Waals surface area contributed by atoms with Gasteiger partial charge in [0.25, 0.3) is 10.0 Å². The van der Waals surface area contributed by atoms with Gasteiger partial charge in [0, 0.05) is 17.1 Å². The molecule has 4 rings (SSSR count). The Kier molecular flexibility index (Phi) is 10.4. The van der Waals surface area contributed by atoms with Gasteiger partial charge in [0.05, 0.1) is 20.6 Å². The van der Waals surface area contributed by atoms with Crippen molar-refractivity contribution < 1.29 is 18.0 Å². The Bertz CT molecular complexity index is 1510. The van der Waals surface area contributed by atoms with Crippen molar-refractivity contribution in [2.75, 3.05) is 10.8 Å². The minimum absolute atomic E-state index is 0.00231. The minimum Gasteiger partial charge on any atom is -0.352 e. The van der Waals surface area contributed by atoms with Gasteiger partial charge in [-0.3, -0.25) is 13.9 Å². The van der Waals surface area contributed by atoms with E-state index in [1.807, 2.05) is 31.2 Å². The fourth-order valence-corrected chi connectivity index (χ4v) is 7.16. The summed E-state index contributed by atoms with van der Waals surface area (Å²) < 4.78 is 29.7. The summed E-state index contributed by atoms with van der Waals surface area (Å²) in [4.78, 5) is 28.8. The lowest BCUT2D eigenvalue weighted by Gasteiger charge is -2.32. The van der Waals surface area contributed by atoms with Crippen molar-refractivity contribution in [3.63, 3.8) is 0 Å². The predicted molar refractivity (Wildman–Crippen MR) is 167 cm³/mol. The molecular formula is C30H32BrCl2N3O4S. The Morgan fingerprint density at radius 3 is 2.34 bits per heavy atom. The third kappa shape index (κ3) is 7.63. The molecule has 1 fully saturated rings. The van der Waals surface area contributed by atoms with E-state index in [4.69, 9.17) is 23.2 Å². The summed E-state index contributed by atoms with van der Waals surface area (Å²) in [7, 11) is -4.25. The summed E-state index contributed by atoms with van der Waals surface area (Å²) >= 11 is 16.2. The molecule has 11 heteroatoms. The van der Waals surface area contributed by atoms with Crippen LogP contribution in [0.5, 0.6) is 0 Å². The van der Waals surface area contributed by atoms with Crippen LogP contribution in [0.3, 0.4) is 0 Å². The molecule has 1 saturated carbocycles. The van der Waals surface area contributed by atoms with Gasteiger partial charge in [-0.2, -0.15) is 0 Å². The molecule has 1 aliphatic rings. The van der Waals surface area contributed by atoms with Crippen LogP contribution in [0.2, 0.25) is 10.0 Å². The van der Waals surface area contributed by atoms with Crippen molar-refractivity contribution in [1.29, 1.82) is 0 Å². The number of sulfonamides is 1. The number of carbonyl (C=O) groups is 2. The topological polar surface area (TPSA) is 86.8 Å². The van der Waals surface area contributed by atoms with Crippen LogP contribution >= 0.6 is 39.1 Å². The standard InChI is InChI=1S/C30H32BrCl2N3O4S/c1-20-13-15-25(16-14-20)41(39,40)36(27-12-6-11-26(32)29(27)33)19-28(37)35(18-22-7-5-8-23(31)17-22)21(2)30(38)34-24-9-3-4-10-24/h5-8,11-17,21,24H,3-4,9-10,18-19H2,1-2H3,(H,34,38)/t21-/m0/s1. The van der Waals surface area contributed by atoms with Crippen LogP contribution in [0.1, 0.15) is 43.7 Å². The van der Waals surface area contributed by atoms with Gasteiger partial charge >= 0.3 is 0 Å². The molecule has 0 radical (unpaired) electrons. The number of hydrogen-bond donors (Lipinski definition) is 1. The number of nitrogens with one attached hydrogen (secondary N) is 1. The average molecular weight is 681 g/mol. The second kappa shape index (κ2) is 13.6. The zero-order valence-corrected chi connectivity index (χ0v) is 26.7. The Hall–Kier alpha value is -2.59. The predicted octanol–water partition coefficient (Wildman–Crippen LogP) is 6.74. The lowest BCUT2D eigenvalue weighted by molar-refractivity contribution is -0.139. The maximum Gasteiger partial charge on any atom is 0.264 e. The lowest BCUT2D eigenvalue weighted by atomic mass is 10.1. The molecule has 2 amide bonds. The highest BCUT2D eigenvalue weighted by atomic mass is 79.9. The first kappa shape index (κ1) is 31.3. The normalized spacial score (nSPS) is 14.5. The fraction of sp³-hybridized carbons (Fsp3) is 0.333. The Morgan fingerprint density at radius 1 is 1.02 bits per heavy atom. The first-order valence-electron chi connectivity index (χ1n) is 13.3. The molecule has 1 N–H and O–H groups in total. The zero-order valence-electron chi connectivity index (χ0n) is 22.8. The molecule has 0 aliphatic heterocycles. The molecule has 0 bridgehead atoms. The number of benzene rings is 3. The summed E-state index contributed by atoms with van der Waals surface area (Å²) in [5.41, 5.74) is 1.73. The number of rotatable bonds is 10. The van der Waals surface area contributed by atoms with Gasteiger partial charge in [0.1, 0.15) is 12.6 Å². The molecule has 3 aromatic rings. The molecule has 0 spiro atoms. The number of hydrogen-bond acceptors (Lipinski definition) is 4. The lowest BCUT2D eigenvalue weighted by Crippen LogP contribution is -2.52. The number of nitrogens with zero attached hydrogens (tertiary/aromatic N) is 2. The van der Waals surface area contributed by atoms with E-state index in [2.05, 4.69) is 21.2 Å². The second-order valence-corrected chi connectivity index (χ2v) is 13.8. The van der Waals surface area contributed by atoms with Gasteiger partial charge in [0.15, 0.2) is 0 Å². The van der Waals surface area contributed by atoms with Gasteiger partial charge in [-0.25, -0.2) is 8.42 Å². The molecule has 0 saturated heterocycles. The fourth-order valence-electron chi connectivity index (χ4n) is 4.84. The molecular weight excluding hydrogens is 649 g/mol. The van der Waals surface area contributed by atoms with Crippen LogP contribution in [0.15, 0.2) is 76.1 Å². The van der Waals surface area contributed by atoms with Gasteiger partial charge < -0.3 is 10.2 Å². The summed E-state index contributed by atoms with van der Waals surface area (Å²) in [6.45, 7) is 3.01. The third-order valence-corrected chi connectivity index (χ3v) is 10.3. The highest BCUT2D eigenvalue weighted by molar-refractivity contribution is 9.10. The Balaban J connectivity index is 1.72. The number of anilines is 1. The first-order valence-corrected chi connectivity index (χ1v) is 16.3. The minimum atomic E-state index is -4.25. The zero-order chi connectivity index (χ0) is 29.7. The molecule has 218 valence electrons. The third-order valence-electron chi connectivity index (χ3n) is 7.20. The summed E-state index contributed by atoms with van der Waals surface area (Å²) in [5, 5.41) is 3.21. The van der Waals surface area contributed by atoms with Crippen LogP contribution < -0.4 is 9.62 Å². The van der Waals surface area contributed by atoms with Crippen molar-refractivity contribution in [1.82, 2.24) is 10.2 Å². The average Bonchev–Trinajstić information content (AvgIpc) is 3.45. The van der Waals surface area contributed by atoms with E-state index >= 15 is 0 Å². The van der Waals surface area contributed by atoms with Crippen molar-refractivity contribution in [2.45, 2.75) is 63.1 Å². The number of amides is 2. The number of aryl methyl sites for hydroxylation is 1. The van der Waals surface area contributed by atoms with E-state index in [9.17, 15) is 18.0 Å². The van der Waals surface area contributed by atoms with E-state index in [0.717, 1.165) is 45.6 Å². The molecule has 1 aliphatic carbocycles. The first-order chi connectivity index (χ1) is 19.5. The van der Waals surface area contributed by atoms with Crippen LogP contribution in [-0.2, 0) is 26.2 Å². The van der Waals surface area contributed by atoms with Crippen LogP contribution in [0.25, 0.3) is 0 Å². The highest BCUT2D eigenvalue weighted by Gasteiger charge is 2.34. The summed E-state index contributed by atoms with van der Waals surface area (Å²) in [6.07, 6.45) is 3.89. The molecule has 0 unspecified atom stereocenters. The van der Waals surface area contributed by atoms with E-state index in [-0.39, 0.29) is 39.1 Å². The smallest absolute Gasteiger partial charge is 0.264 e. The van der Waals surface area contributed by atoms with E-state index < -0.39 is 28.5 Å². The molecule has 0 heterocycles. The van der Waals surface area contributed by atoms with Crippen LogP contribution in [0, 0.1) is 6.92 Å². The molecule has 3 aromatic carbocycles. The molecule has 0 aromatic heterocycles. The summed E-state index contributed by atoms with van der Waals surface area (Å²) in [5.74, 6) is -0.847. The van der Waals surface area contributed by atoms with Gasteiger partial charge in [0.2, 0.25) is 11.8 Å². The molecule has 1 atom stereocenters.